The number of allylic oxidation sites excluding steroid dienone is 7. The van der Waals surface area contributed by atoms with Crippen LogP contribution in [-0.2, 0) is 10.3 Å². The van der Waals surface area contributed by atoms with Crippen molar-refractivity contribution in [3.8, 4) is 0 Å². The minimum Gasteiger partial charge on any atom is -0.444 e. The van der Waals surface area contributed by atoms with E-state index in [2.05, 4.69) is 46.9 Å². The Kier molecular flexibility index (Phi) is 7.73. The summed E-state index contributed by atoms with van der Waals surface area (Å²) in [5.74, 6) is 0. The maximum atomic E-state index is 12.5. The number of benzene rings is 1. The molecule has 0 radical (unpaired) electrons. The van der Waals surface area contributed by atoms with Gasteiger partial charge in [0.25, 0.3) is 0 Å². The molecular formula is C32H33ClN2O2. The number of ether oxygens (including phenoxy) is 1. The van der Waals surface area contributed by atoms with Crippen LogP contribution in [0.4, 0.5) is 4.79 Å². The van der Waals surface area contributed by atoms with E-state index >= 15 is 0 Å². The van der Waals surface area contributed by atoms with Crippen LogP contribution in [0.25, 0.3) is 11.6 Å². The van der Waals surface area contributed by atoms with E-state index in [0.717, 1.165) is 58.4 Å². The molecule has 0 bridgehead atoms. The molecule has 1 saturated carbocycles. The number of aryl methyl sites for hydroxylation is 1. The van der Waals surface area contributed by atoms with Crippen molar-refractivity contribution >= 4 is 29.3 Å². The number of nitrogens with one attached hydrogen (secondary N) is 1. The smallest absolute Gasteiger partial charge is 0.408 e. The van der Waals surface area contributed by atoms with Gasteiger partial charge in [0.1, 0.15) is 10.8 Å². The van der Waals surface area contributed by atoms with Crippen molar-refractivity contribution in [3.05, 3.63) is 118 Å². The maximum absolute atomic E-state index is 12.5. The van der Waals surface area contributed by atoms with Crippen molar-refractivity contribution in [3.63, 3.8) is 0 Å². The summed E-state index contributed by atoms with van der Waals surface area (Å²) in [5.41, 5.74) is 8.85. The Morgan fingerprint density at radius 3 is 2.54 bits per heavy atom. The van der Waals surface area contributed by atoms with Gasteiger partial charge in [-0.3, -0.25) is 0 Å². The summed E-state index contributed by atoms with van der Waals surface area (Å²) >= 11 is 6.21. The van der Waals surface area contributed by atoms with Crippen LogP contribution >= 0.6 is 11.6 Å². The maximum Gasteiger partial charge on any atom is 0.408 e. The van der Waals surface area contributed by atoms with Gasteiger partial charge in [0.05, 0.1) is 11.2 Å². The average Bonchev–Trinajstić information content (AvgIpc) is 3.10. The van der Waals surface area contributed by atoms with E-state index in [1.807, 2.05) is 70.2 Å². The second-order valence-electron chi connectivity index (χ2n) is 10.5. The van der Waals surface area contributed by atoms with Gasteiger partial charge in [0.2, 0.25) is 0 Å². The molecule has 1 aromatic carbocycles. The fraction of sp³-hybridized carbons (Fsp3) is 0.281. The zero-order valence-electron chi connectivity index (χ0n) is 21.9. The first-order valence-electron chi connectivity index (χ1n) is 12.5. The summed E-state index contributed by atoms with van der Waals surface area (Å²) in [4.78, 5) is 17.1. The van der Waals surface area contributed by atoms with Gasteiger partial charge in [-0.05, 0) is 111 Å². The Bertz CT molecular complexity index is 1360. The molecule has 37 heavy (non-hydrogen) atoms. The number of aromatic nitrogens is 1. The number of nitrogens with zero attached hydrogens (tertiary/aromatic N) is 1. The summed E-state index contributed by atoms with van der Waals surface area (Å²) in [5, 5.41) is 3.57. The van der Waals surface area contributed by atoms with Crippen molar-refractivity contribution in [2.75, 3.05) is 0 Å². The Morgan fingerprint density at radius 1 is 1.16 bits per heavy atom. The van der Waals surface area contributed by atoms with E-state index in [1.54, 1.807) is 6.07 Å². The van der Waals surface area contributed by atoms with E-state index in [1.165, 1.54) is 0 Å². The molecular weight excluding hydrogens is 480 g/mol. The summed E-state index contributed by atoms with van der Waals surface area (Å²) in [7, 11) is 0. The molecule has 0 saturated heterocycles. The van der Waals surface area contributed by atoms with E-state index in [0.29, 0.717) is 5.15 Å². The summed E-state index contributed by atoms with van der Waals surface area (Å²) < 4.78 is 5.53. The lowest BCUT2D eigenvalue weighted by atomic mass is 9.71. The lowest BCUT2D eigenvalue weighted by molar-refractivity contribution is 0.0377. The number of carbonyl (C=O) groups is 1. The number of hydrogen-bond donors (Lipinski definition) is 1. The van der Waals surface area contributed by atoms with Crippen molar-refractivity contribution in [1.82, 2.24) is 10.3 Å². The van der Waals surface area contributed by atoms with Crippen molar-refractivity contribution in [1.29, 1.82) is 0 Å². The van der Waals surface area contributed by atoms with Gasteiger partial charge in [0, 0.05) is 0 Å². The Labute approximate surface area is 224 Å². The molecule has 2 aromatic rings. The van der Waals surface area contributed by atoms with Crippen molar-refractivity contribution in [2.24, 2.45) is 0 Å². The standard InChI is InChI=1S/C32H33ClN2O2/c1-22-13-18-29(33)34-28(22)21-27(25-11-8-6-7-9-12-25)23(2)24-14-16-26(17-15-24)32(19-10-20-32)35-30(36)37-31(3,4)5/h6,8-9,11-18,21H,2,10,19-20H2,1,3-5H3,(H,35,36)/b27-21+. The lowest BCUT2D eigenvalue weighted by Crippen LogP contribution is -2.52. The Hall–Kier alpha value is -3.59. The first kappa shape index (κ1) is 26.5. The highest BCUT2D eigenvalue weighted by Crippen LogP contribution is 2.42. The number of rotatable bonds is 6. The van der Waals surface area contributed by atoms with Gasteiger partial charge in [0.15, 0.2) is 0 Å². The van der Waals surface area contributed by atoms with E-state index in [9.17, 15) is 4.79 Å². The predicted molar refractivity (Wildman–Crippen MR) is 152 cm³/mol. The fourth-order valence-electron chi connectivity index (χ4n) is 4.44. The Morgan fingerprint density at radius 2 is 1.89 bits per heavy atom. The summed E-state index contributed by atoms with van der Waals surface area (Å²) in [6.45, 7) is 12.1. The zero-order valence-corrected chi connectivity index (χ0v) is 22.7. The van der Waals surface area contributed by atoms with Crippen LogP contribution in [0, 0.1) is 6.92 Å². The topological polar surface area (TPSA) is 51.2 Å². The third-order valence-corrected chi connectivity index (χ3v) is 6.79. The minimum absolute atomic E-state index is 0.385. The van der Waals surface area contributed by atoms with Gasteiger partial charge < -0.3 is 10.1 Å². The number of halogens is 1. The van der Waals surface area contributed by atoms with Crippen molar-refractivity contribution in [2.45, 2.75) is 58.1 Å². The molecule has 0 atom stereocenters. The molecule has 5 heteroatoms. The Balaban J connectivity index is 1.65. The highest BCUT2D eigenvalue weighted by Gasteiger charge is 2.41. The summed E-state index contributed by atoms with van der Waals surface area (Å²) in [6, 6.07) is 12.0. The highest BCUT2D eigenvalue weighted by molar-refractivity contribution is 6.29. The van der Waals surface area contributed by atoms with Crippen LogP contribution in [0.15, 0.2) is 90.2 Å². The van der Waals surface area contributed by atoms with Gasteiger partial charge in [-0.1, -0.05) is 60.7 Å². The quantitative estimate of drug-likeness (QED) is 0.241. The van der Waals surface area contributed by atoms with E-state index in [4.69, 9.17) is 16.3 Å². The molecule has 1 heterocycles. The SMILES string of the molecule is C=C(/C(=C\c1nc(Cl)ccc1C)C1=CC=C=CC=C1)c1ccc(C2(NC(=O)OC(C)(C)C)CCC2)cc1. The monoisotopic (exact) mass is 512 g/mol. The normalized spacial score (nSPS) is 16.5. The minimum atomic E-state index is -0.540. The van der Waals surface area contributed by atoms with Crippen LogP contribution in [0.1, 0.15) is 62.4 Å². The first-order valence-corrected chi connectivity index (χ1v) is 12.9. The summed E-state index contributed by atoms with van der Waals surface area (Å²) in [6.07, 6.45) is 14.2. The number of hydrogen-bond acceptors (Lipinski definition) is 3. The third-order valence-electron chi connectivity index (χ3n) is 6.58. The molecule has 190 valence electrons. The van der Waals surface area contributed by atoms with Crippen LogP contribution < -0.4 is 5.32 Å². The molecule has 0 spiro atoms. The molecule has 4 nitrogen and oxygen atoms in total. The van der Waals surface area contributed by atoms with Crippen LogP contribution in [0.5, 0.6) is 0 Å². The van der Waals surface area contributed by atoms with E-state index < -0.39 is 11.1 Å². The second kappa shape index (κ2) is 10.8. The zero-order chi connectivity index (χ0) is 26.6. The molecule has 1 aromatic heterocycles. The lowest BCUT2D eigenvalue weighted by Gasteiger charge is -2.43. The molecule has 4 rings (SSSR count). The molecule has 2 aliphatic rings. The van der Waals surface area contributed by atoms with Gasteiger partial charge >= 0.3 is 6.09 Å². The van der Waals surface area contributed by atoms with Crippen LogP contribution in [-0.4, -0.2) is 16.7 Å². The van der Waals surface area contributed by atoms with Crippen LogP contribution in [0.3, 0.4) is 0 Å². The fourth-order valence-corrected chi connectivity index (χ4v) is 4.60. The molecule has 1 N–H and O–H groups in total. The van der Waals surface area contributed by atoms with E-state index in [-0.39, 0.29) is 6.09 Å². The number of alkyl carbamates (subject to hydrolysis) is 1. The first-order chi connectivity index (χ1) is 17.6. The van der Waals surface area contributed by atoms with Crippen molar-refractivity contribution < 1.29 is 9.53 Å². The van der Waals surface area contributed by atoms with Gasteiger partial charge in [-0.2, -0.15) is 0 Å². The predicted octanol–water partition coefficient (Wildman–Crippen LogP) is 8.25. The van der Waals surface area contributed by atoms with Crippen LogP contribution in [0.2, 0.25) is 5.15 Å². The largest absolute Gasteiger partial charge is 0.444 e. The highest BCUT2D eigenvalue weighted by atomic mass is 35.5. The number of amides is 1. The van der Waals surface area contributed by atoms with Gasteiger partial charge in [-0.25, -0.2) is 9.78 Å². The number of pyridine rings is 1. The molecule has 0 unspecified atom stereocenters. The molecule has 0 aliphatic heterocycles. The van der Waals surface area contributed by atoms with Gasteiger partial charge in [-0.15, -0.1) is 5.73 Å². The number of carbonyl (C=O) groups excluding carboxylic acids is 1. The third kappa shape index (κ3) is 6.40. The molecule has 1 fully saturated rings. The second-order valence-corrected chi connectivity index (χ2v) is 10.9. The average molecular weight is 513 g/mol. The molecule has 2 aliphatic carbocycles. The molecule has 1 amide bonds.